The fourth-order valence-electron chi connectivity index (χ4n) is 3.68. The van der Waals surface area contributed by atoms with Crippen molar-refractivity contribution in [3.05, 3.63) is 65.7 Å². The zero-order valence-electron chi connectivity index (χ0n) is 17.4. The van der Waals surface area contributed by atoms with Crippen molar-refractivity contribution in [3.63, 3.8) is 0 Å². The van der Waals surface area contributed by atoms with Gasteiger partial charge in [-0.3, -0.25) is 14.5 Å². The Morgan fingerprint density at radius 3 is 2.38 bits per heavy atom. The molecule has 1 fully saturated rings. The lowest BCUT2D eigenvalue weighted by atomic mass is 10.0. The lowest BCUT2D eigenvalue weighted by Gasteiger charge is -2.35. The van der Waals surface area contributed by atoms with Gasteiger partial charge in [-0.1, -0.05) is 56.7 Å². The Balaban J connectivity index is 1.67. The maximum absolute atomic E-state index is 12.8. The minimum absolute atomic E-state index is 0.0585. The highest BCUT2D eigenvalue weighted by Gasteiger charge is 2.23. The number of anilines is 1. The van der Waals surface area contributed by atoms with Crippen molar-refractivity contribution in [1.29, 1.82) is 0 Å². The van der Waals surface area contributed by atoms with E-state index in [0.29, 0.717) is 17.8 Å². The van der Waals surface area contributed by atoms with Crippen molar-refractivity contribution in [2.45, 2.75) is 39.2 Å². The Morgan fingerprint density at radius 1 is 0.966 bits per heavy atom. The first-order valence-electron chi connectivity index (χ1n) is 10.5. The summed E-state index contributed by atoms with van der Waals surface area (Å²) in [7, 11) is 0. The molecule has 5 nitrogen and oxygen atoms in total. The molecule has 1 aliphatic rings. The van der Waals surface area contributed by atoms with Gasteiger partial charge in [0, 0.05) is 23.7 Å². The second kappa shape index (κ2) is 10.2. The van der Waals surface area contributed by atoms with Gasteiger partial charge in [-0.2, -0.15) is 0 Å². The van der Waals surface area contributed by atoms with Gasteiger partial charge in [0.15, 0.2) is 0 Å². The molecule has 1 saturated heterocycles. The van der Waals surface area contributed by atoms with Gasteiger partial charge in [0.25, 0.3) is 5.91 Å². The molecule has 0 spiro atoms. The fourth-order valence-corrected chi connectivity index (χ4v) is 3.68. The standard InChI is InChI=1S/C24H31N3O2/c1-18(2)23(28)26-21-13-9-12-20(16-21)24(29)25-17-22(19-10-5-3-6-11-19)27-14-7-4-8-15-27/h3,5-6,9-13,16,18,22H,4,7-8,14-15,17H2,1-2H3,(H,25,29)(H,26,28). The first-order valence-corrected chi connectivity index (χ1v) is 10.5. The molecule has 0 aromatic heterocycles. The molecule has 2 amide bonds. The molecule has 0 saturated carbocycles. The molecule has 154 valence electrons. The largest absolute Gasteiger partial charge is 0.350 e. The molecular weight excluding hydrogens is 362 g/mol. The van der Waals surface area contributed by atoms with Gasteiger partial charge in [0.2, 0.25) is 5.91 Å². The lowest BCUT2D eigenvalue weighted by molar-refractivity contribution is -0.118. The number of rotatable bonds is 7. The summed E-state index contributed by atoms with van der Waals surface area (Å²) >= 11 is 0. The van der Waals surface area contributed by atoms with Crippen LogP contribution in [0.15, 0.2) is 54.6 Å². The molecule has 1 heterocycles. The normalized spacial score (nSPS) is 15.7. The fraction of sp³-hybridized carbons (Fsp3) is 0.417. The smallest absolute Gasteiger partial charge is 0.251 e. The predicted molar refractivity (Wildman–Crippen MR) is 117 cm³/mol. The number of nitrogens with zero attached hydrogens (tertiary/aromatic N) is 1. The summed E-state index contributed by atoms with van der Waals surface area (Å²) in [5.74, 6) is -0.288. The van der Waals surface area contributed by atoms with Gasteiger partial charge in [0.05, 0.1) is 6.04 Å². The molecular formula is C24H31N3O2. The predicted octanol–water partition coefficient (Wildman–Crippen LogP) is 4.24. The summed E-state index contributed by atoms with van der Waals surface area (Å²) in [6, 6.07) is 17.7. The molecule has 5 heteroatoms. The highest BCUT2D eigenvalue weighted by atomic mass is 16.2. The van der Waals surface area contributed by atoms with E-state index >= 15 is 0 Å². The van der Waals surface area contributed by atoms with Gasteiger partial charge < -0.3 is 10.6 Å². The first kappa shape index (κ1) is 21.1. The molecule has 2 aromatic rings. The third-order valence-corrected chi connectivity index (χ3v) is 5.39. The van der Waals surface area contributed by atoms with Crippen LogP contribution < -0.4 is 10.6 Å². The van der Waals surface area contributed by atoms with Crippen LogP contribution in [0.4, 0.5) is 5.69 Å². The van der Waals surface area contributed by atoms with E-state index in [9.17, 15) is 9.59 Å². The van der Waals surface area contributed by atoms with Crippen LogP contribution in [0.3, 0.4) is 0 Å². The maximum atomic E-state index is 12.8. The molecule has 3 rings (SSSR count). The molecule has 0 aliphatic carbocycles. The quantitative estimate of drug-likeness (QED) is 0.740. The second-order valence-electron chi connectivity index (χ2n) is 7.96. The SMILES string of the molecule is CC(C)C(=O)Nc1cccc(C(=O)NCC(c2ccccc2)N2CCCCC2)c1. The number of carbonyl (C=O) groups excluding carboxylic acids is 2. The lowest BCUT2D eigenvalue weighted by Crippen LogP contribution is -2.40. The van der Waals surface area contributed by atoms with Crippen LogP contribution in [0.2, 0.25) is 0 Å². The van der Waals surface area contributed by atoms with Crippen molar-refractivity contribution in [1.82, 2.24) is 10.2 Å². The summed E-state index contributed by atoms with van der Waals surface area (Å²) < 4.78 is 0. The maximum Gasteiger partial charge on any atom is 0.251 e. The highest BCUT2D eigenvalue weighted by Crippen LogP contribution is 2.24. The third-order valence-electron chi connectivity index (χ3n) is 5.39. The van der Waals surface area contributed by atoms with Crippen LogP contribution in [-0.4, -0.2) is 36.3 Å². The van der Waals surface area contributed by atoms with Crippen LogP contribution in [0.1, 0.15) is 55.1 Å². The van der Waals surface area contributed by atoms with Crippen molar-refractivity contribution in [3.8, 4) is 0 Å². The van der Waals surface area contributed by atoms with Crippen LogP contribution in [0.5, 0.6) is 0 Å². The molecule has 1 unspecified atom stereocenters. The average molecular weight is 394 g/mol. The van der Waals surface area contributed by atoms with E-state index in [0.717, 1.165) is 13.1 Å². The van der Waals surface area contributed by atoms with Crippen LogP contribution >= 0.6 is 0 Å². The van der Waals surface area contributed by atoms with Crippen molar-refractivity contribution in [2.75, 3.05) is 25.0 Å². The summed E-state index contributed by atoms with van der Waals surface area (Å²) in [4.78, 5) is 27.2. The zero-order valence-corrected chi connectivity index (χ0v) is 17.4. The molecule has 29 heavy (non-hydrogen) atoms. The Labute approximate surface area is 173 Å². The van der Waals surface area contributed by atoms with E-state index in [-0.39, 0.29) is 23.8 Å². The van der Waals surface area contributed by atoms with Crippen LogP contribution in [0.25, 0.3) is 0 Å². The summed E-state index contributed by atoms with van der Waals surface area (Å²) in [6.45, 7) is 6.37. The Bertz CT molecular complexity index is 814. The summed E-state index contributed by atoms with van der Waals surface area (Å²) in [6.07, 6.45) is 3.68. The number of likely N-dealkylation sites (tertiary alicyclic amines) is 1. The highest BCUT2D eigenvalue weighted by molar-refractivity contribution is 5.97. The number of carbonyl (C=O) groups is 2. The average Bonchev–Trinajstić information content (AvgIpc) is 2.75. The van der Waals surface area contributed by atoms with Gasteiger partial charge >= 0.3 is 0 Å². The minimum atomic E-state index is -0.122. The molecule has 2 aromatic carbocycles. The number of hydrogen-bond acceptors (Lipinski definition) is 3. The molecule has 2 N–H and O–H groups in total. The van der Waals surface area contributed by atoms with E-state index in [1.165, 1.54) is 24.8 Å². The van der Waals surface area contributed by atoms with Crippen molar-refractivity contribution >= 4 is 17.5 Å². The Kier molecular flexibility index (Phi) is 7.42. The summed E-state index contributed by atoms with van der Waals surface area (Å²) in [5, 5.41) is 5.96. The molecule has 0 bridgehead atoms. The number of benzene rings is 2. The number of nitrogens with one attached hydrogen (secondary N) is 2. The van der Waals surface area contributed by atoms with Gasteiger partial charge in [-0.05, 0) is 49.7 Å². The minimum Gasteiger partial charge on any atom is -0.350 e. The molecule has 1 atom stereocenters. The number of amides is 2. The summed E-state index contributed by atoms with van der Waals surface area (Å²) in [5.41, 5.74) is 2.43. The van der Waals surface area contributed by atoms with Crippen molar-refractivity contribution < 1.29 is 9.59 Å². The molecule has 1 aliphatic heterocycles. The van der Waals surface area contributed by atoms with E-state index < -0.39 is 0 Å². The van der Waals surface area contributed by atoms with E-state index in [1.807, 2.05) is 19.9 Å². The Hall–Kier alpha value is -2.66. The van der Waals surface area contributed by atoms with Gasteiger partial charge in [-0.15, -0.1) is 0 Å². The number of piperidine rings is 1. The first-order chi connectivity index (χ1) is 14.0. The van der Waals surface area contributed by atoms with E-state index in [2.05, 4.69) is 39.8 Å². The van der Waals surface area contributed by atoms with Crippen molar-refractivity contribution in [2.24, 2.45) is 5.92 Å². The van der Waals surface area contributed by atoms with Gasteiger partial charge in [-0.25, -0.2) is 0 Å². The molecule has 0 radical (unpaired) electrons. The van der Waals surface area contributed by atoms with Gasteiger partial charge in [0.1, 0.15) is 0 Å². The van der Waals surface area contributed by atoms with Crippen LogP contribution in [-0.2, 0) is 4.79 Å². The van der Waals surface area contributed by atoms with E-state index in [1.54, 1.807) is 24.3 Å². The second-order valence-corrected chi connectivity index (χ2v) is 7.96. The number of hydrogen-bond donors (Lipinski definition) is 2. The zero-order chi connectivity index (χ0) is 20.6. The monoisotopic (exact) mass is 393 g/mol. The third kappa shape index (κ3) is 5.91. The van der Waals surface area contributed by atoms with E-state index in [4.69, 9.17) is 0 Å². The Morgan fingerprint density at radius 2 is 1.69 bits per heavy atom. The van der Waals surface area contributed by atoms with Crippen LogP contribution in [0, 0.1) is 5.92 Å². The topological polar surface area (TPSA) is 61.4 Å².